The number of rotatable bonds is 6. The lowest BCUT2D eigenvalue weighted by atomic mass is 10.1. The molecule has 1 amide bonds. The normalized spacial score (nSPS) is 16.7. The van der Waals surface area contributed by atoms with Crippen molar-refractivity contribution in [2.75, 3.05) is 5.32 Å². The molecule has 1 fully saturated rings. The fraction of sp³-hybridized carbons (Fsp3) is 0.208. The number of hydrogen-bond acceptors (Lipinski definition) is 6. The number of carbonyl (C=O) groups excluding carboxylic acids is 1. The maximum Gasteiger partial charge on any atom is 0.286 e. The van der Waals surface area contributed by atoms with Crippen molar-refractivity contribution in [1.29, 1.82) is 0 Å². The molecule has 0 bridgehead atoms. The lowest BCUT2D eigenvalue weighted by Gasteiger charge is -2.21. The van der Waals surface area contributed by atoms with Gasteiger partial charge in [0.15, 0.2) is 5.84 Å². The molecule has 2 aliphatic rings. The number of halogens is 1. The van der Waals surface area contributed by atoms with E-state index in [2.05, 4.69) is 9.71 Å². The average molecular weight is 497 g/mol. The van der Waals surface area contributed by atoms with Crippen LogP contribution in [0.2, 0.25) is 0 Å². The Balaban J connectivity index is 1.65. The topological polar surface area (TPSA) is 144 Å². The van der Waals surface area contributed by atoms with Crippen LogP contribution >= 0.6 is 0 Å². The first-order chi connectivity index (χ1) is 16.6. The van der Waals surface area contributed by atoms with Crippen molar-refractivity contribution in [2.24, 2.45) is 16.0 Å². The Bertz CT molecular complexity index is 1620. The van der Waals surface area contributed by atoms with Gasteiger partial charge >= 0.3 is 0 Å². The lowest BCUT2D eigenvalue weighted by Crippen LogP contribution is -2.33. The third-order valence-corrected chi connectivity index (χ3v) is 7.40. The van der Waals surface area contributed by atoms with E-state index in [0.29, 0.717) is 23.5 Å². The minimum atomic E-state index is -4.28. The zero-order valence-corrected chi connectivity index (χ0v) is 19.2. The molecule has 11 heteroatoms. The lowest BCUT2D eigenvalue weighted by molar-refractivity contribution is -0.113. The number of carbonyl (C=O) groups is 1. The Morgan fingerprint density at radius 1 is 1.26 bits per heavy atom. The third kappa shape index (κ3) is 4.30. The Labute approximate surface area is 199 Å². The summed E-state index contributed by atoms with van der Waals surface area (Å²) < 4.78 is 45.2. The van der Waals surface area contributed by atoms with E-state index in [1.165, 1.54) is 34.9 Å². The predicted octanol–water partition coefficient (Wildman–Crippen LogP) is 2.71. The molecule has 1 aliphatic carbocycles. The van der Waals surface area contributed by atoms with Crippen LogP contribution in [0.15, 0.2) is 56.6 Å². The van der Waals surface area contributed by atoms with Crippen LogP contribution in [0.5, 0.6) is 5.75 Å². The summed E-state index contributed by atoms with van der Waals surface area (Å²) in [7, 11) is -4.28. The third-order valence-electron chi connectivity index (χ3n) is 6.08. The highest BCUT2D eigenvalue weighted by molar-refractivity contribution is 7.90. The SMILES string of the molecule is NC(=O)/C=C/c1ccc2c(c1)S(=O)(=O)N=C(c1c(O)c3cc(F)ccc3n(CCC3CC3)c1=O)N2. The monoisotopic (exact) mass is 496 g/mol. The molecule has 1 aromatic heterocycles. The van der Waals surface area contributed by atoms with E-state index in [9.17, 15) is 27.5 Å². The van der Waals surface area contributed by atoms with Gasteiger partial charge in [0.05, 0.1) is 11.2 Å². The zero-order valence-electron chi connectivity index (χ0n) is 18.4. The molecule has 35 heavy (non-hydrogen) atoms. The van der Waals surface area contributed by atoms with Crippen LogP contribution in [0, 0.1) is 11.7 Å². The second-order valence-corrected chi connectivity index (χ2v) is 10.2. The zero-order chi connectivity index (χ0) is 24.9. The van der Waals surface area contributed by atoms with Gasteiger partial charge in [-0.2, -0.15) is 8.42 Å². The van der Waals surface area contributed by atoms with Crippen LogP contribution < -0.4 is 16.6 Å². The fourth-order valence-corrected chi connectivity index (χ4v) is 5.29. The number of fused-ring (bicyclic) bond motifs is 2. The molecular weight excluding hydrogens is 475 g/mol. The van der Waals surface area contributed by atoms with E-state index in [-0.39, 0.29) is 27.4 Å². The molecule has 0 unspecified atom stereocenters. The van der Waals surface area contributed by atoms with Crippen molar-refractivity contribution in [3.63, 3.8) is 0 Å². The van der Waals surface area contributed by atoms with Crippen molar-refractivity contribution >= 4 is 44.4 Å². The summed E-state index contributed by atoms with van der Waals surface area (Å²) in [5.41, 5.74) is 4.99. The van der Waals surface area contributed by atoms with Crippen molar-refractivity contribution in [3.8, 4) is 5.75 Å². The highest BCUT2D eigenvalue weighted by Gasteiger charge is 2.30. The second-order valence-electron chi connectivity index (χ2n) is 8.61. The van der Waals surface area contributed by atoms with Gasteiger partial charge in [0.25, 0.3) is 15.6 Å². The fourth-order valence-electron chi connectivity index (χ4n) is 4.13. The van der Waals surface area contributed by atoms with Crippen LogP contribution in [0.25, 0.3) is 17.0 Å². The summed E-state index contributed by atoms with van der Waals surface area (Å²) in [5, 5.41) is 13.9. The van der Waals surface area contributed by atoms with Crippen molar-refractivity contribution in [3.05, 3.63) is 69.8 Å². The molecule has 5 rings (SSSR count). The van der Waals surface area contributed by atoms with Gasteiger partial charge in [-0.25, -0.2) is 4.39 Å². The molecule has 1 saturated carbocycles. The van der Waals surface area contributed by atoms with Crippen LogP contribution in [0.4, 0.5) is 10.1 Å². The smallest absolute Gasteiger partial charge is 0.286 e. The van der Waals surface area contributed by atoms with Gasteiger partial charge in [0, 0.05) is 18.0 Å². The molecule has 3 aromatic rings. The Hall–Kier alpha value is -3.99. The maximum atomic E-state index is 14.0. The Kier molecular flexibility index (Phi) is 5.43. The number of amides is 1. The molecule has 180 valence electrons. The summed E-state index contributed by atoms with van der Waals surface area (Å²) in [6.07, 6.45) is 5.34. The number of nitrogens with zero attached hydrogens (tertiary/aromatic N) is 2. The predicted molar refractivity (Wildman–Crippen MR) is 129 cm³/mol. The first-order valence-corrected chi connectivity index (χ1v) is 12.4. The Morgan fingerprint density at radius 3 is 2.74 bits per heavy atom. The number of primary amides is 1. The maximum absolute atomic E-state index is 14.0. The van der Waals surface area contributed by atoms with E-state index in [4.69, 9.17) is 5.73 Å². The Morgan fingerprint density at radius 2 is 2.03 bits per heavy atom. The molecule has 4 N–H and O–H groups in total. The summed E-state index contributed by atoms with van der Waals surface area (Å²) in [6, 6.07) is 8.03. The molecule has 2 aromatic carbocycles. The first-order valence-electron chi connectivity index (χ1n) is 10.9. The van der Waals surface area contributed by atoms with Crippen molar-refractivity contribution in [1.82, 2.24) is 4.57 Å². The molecule has 1 aliphatic heterocycles. The molecule has 9 nitrogen and oxygen atoms in total. The van der Waals surface area contributed by atoms with Crippen LogP contribution in [0.3, 0.4) is 0 Å². The average Bonchev–Trinajstić information content (AvgIpc) is 3.62. The number of nitrogens with one attached hydrogen (secondary N) is 1. The van der Waals surface area contributed by atoms with Gasteiger partial charge < -0.3 is 20.7 Å². The van der Waals surface area contributed by atoms with Gasteiger partial charge in [0.1, 0.15) is 22.0 Å². The van der Waals surface area contributed by atoms with Gasteiger partial charge in [-0.1, -0.05) is 18.9 Å². The number of benzene rings is 2. The molecule has 0 radical (unpaired) electrons. The number of anilines is 1. The van der Waals surface area contributed by atoms with Crippen LogP contribution in [-0.2, 0) is 21.4 Å². The summed E-state index contributed by atoms with van der Waals surface area (Å²) in [6.45, 7) is 0.338. The van der Waals surface area contributed by atoms with Gasteiger partial charge in [-0.15, -0.1) is 4.40 Å². The van der Waals surface area contributed by atoms with Gasteiger partial charge in [-0.05, 0) is 54.3 Å². The molecule has 0 atom stereocenters. The summed E-state index contributed by atoms with van der Waals surface area (Å²) in [5.74, 6) is -1.71. The minimum absolute atomic E-state index is 0.0787. The number of hydrogen-bond donors (Lipinski definition) is 3. The molecule has 0 spiro atoms. The quantitative estimate of drug-likeness (QED) is 0.448. The number of pyridine rings is 1. The highest BCUT2D eigenvalue weighted by Crippen LogP contribution is 2.35. The first kappa shape index (κ1) is 22.8. The van der Waals surface area contributed by atoms with Crippen LogP contribution in [0.1, 0.15) is 30.4 Å². The van der Waals surface area contributed by atoms with Gasteiger partial charge in [0.2, 0.25) is 5.91 Å². The summed E-state index contributed by atoms with van der Waals surface area (Å²) >= 11 is 0. The minimum Gasteiger partial charge on any atom is -0.506 e. The molecule has 0 saturated heterocycles. The van der Waals surface area contributed by atoms with E-state index < -0.39 is 33.1 Å². The van der Waals surface area contributed by atoms with E-state index in [0.717, 1.165) is 31.4 Å². The van der Waals surface area contributed by atoms with Crippen LogP contribution in [-0.4, -0.2) is 29.8 Å². The standard InChI is InChI=1S/C24H21FN4O5S/c25-15-5-7-18-16(12-15)22(31)21(24(32)29(18)10-9-13-1-2-13)23-27-17-6-3-14(4-8-20(26)30)11-19(17)35(33,34)28-23/h3-8,11-13,31H,1-2,9-10H2,(H2,26,30)(H,27,28)/b8-4+. The number of sulfonamides is 1. The van der Waals surface area contributed by atoms with E-state index in [1.54, 1.807) is 6.07 Å². The van der Waals surface area contributed by atoms with Crippen molar-refractivity contribution < 1.29 is 22.7 Å². The second kappa shape index (κ2) is 8.35. The largest absolute Gasteiger partial charge is 0.506 e. The number of amidine groups is 1. The number of aromatic hydroxyl groups is 1. The number of aromatic nitrogens is 1. The number of nitrogens with two attached hydrogens (primary N) is 1. The van der Waals surface area contributed by atoms with E-state index in [1.807, 2.05) is 0 Å². The number of aryl methyl sites for hydroxylation is 1. The van der Waals surface area contributed by atoms with Gasteiger partial charge in [-0.3, -0.25) is 9.59 Å². The highest BCUT2D eigenvalue weighted by atomic mass is 32.2. The van der Waals surface area contributed by atoms with E-state index >= 15 is 0 Å². The molecule has 2 heterocycles. The van der Waals surface area contributed by atoms with Crippen molar-refractivity contribution in [2.45, 2.75) is 30.7 Å². The summed E-state index contributed by atoms with van der Waals surface area (Å²) in [4.78, 5) is 24.3. The molecular formula is C24H21FN4O5S.